The highest BCUT2D eigenvalue weighted by Gasteiger charge is 2.24. The molecule has 0 aromatic carbocycles. The van der Waals surface area contributed by atoms with E-state index < -0.39 is 0 Å². The van der Waals surface area contributed by atoms with Gasteiger partial charge in [-0.05, 0) is 25.3 Å². The molecule has 2 heterocycles. The molecule has 0 aromatic heterocycles. The van der Waals surface area contributed by atoms with Gasteiger partial charge in [0.15, 0.2) is 0 Å². The molecule has 0 atom stereocenters. The van der Waals surface area contributed by atoms with Gasteiger partial charge < -0.3 is 10.2 Å². The van der Waals surface area contributed by atoms with Crippen LogP contribution in [0.3, 0.4) is 0 Å². The number of hydrogen-bond donors (Lipinski definition) is 1. The fourth-order valence-electron chi connectivity index (χ4n) is 2.32. The summed E-state index contributed by atoms with van der Waals surface area (Å²) in [7, 11) is 0. The molecule has 2 aliphatic heterocycles. The lowest BCUT2D eigenvalue weighted by molar-refractivity contribution is 0.0991. The van der Waals surface area contributed by atoms with E-state index in [1.165, 1.54) is 45.4 Å². The molecule has 0 saturated carbocycles. The number of nitrogens with one attached hydrogen (secondary N) is 1. The molecular weight excluding hydrogens is 172 g/mol. The number of nitrogens with zero attached hydrogens (tertiary/aromatic N) is 1. The summed E-state index contributed by atoms with van der Waals surface area (Å²) in [5.41, 5.74) is 1.67. The summed E-state index contributed by atoms with van der Waals surface area (Å²) in [4.78, 5) is 2.59. The molecule has 2 heteroatoms. The molecular formula is C12H22N2. The fraction of sp³-hybridized carbons (Fsp3) is 0.833. The van der Waals surface area contributed by atoms with E-state index in [0.717, 1.165) is 12.5 Å². The van der Waals surface area contributed by atoms with E-state index in [0.29, 0.717) is 0 Å². The van der Waals surface area contributed by atoms with Crippen molar-refractivity contribution in [1.29, 1.82) is 0 Å². The highest BCUT2D eigenvalue weighted by Crippen LogP contribution is 2.20. The molecule has 0 amide bonds. The van der Waals surface area contributed by atoms with Gasteiger partial charge in [-0.3, -0.25) is 0 Å². The van der Waals surface area contributed by atoms with E-state index in [1.54, 1.807) is 5.57 Å². The Labute approximate surface area is 87.4 Å². The SMILES string of the molecule is CCC1CN(CCC2=CCNCC2)C1. The first kappa shape index (κ1) is 10.2. The molecule has 2 nitrogen and oxygen atoms in total. The van der Waals surface area contributed by atoms with Crippen molar-refractivity contribution in [3.63, 3.8) is 0 Å². The zero-order chi connectivity index (χ0) is 9.80. The topological polar surface area (TPSA) is 15.3 Å². The molecule has 0 bridgehead atoms. The third kappa shape index (κ3) is 2.58. The highest BCUT2D eigenvalue weighted by molar-refractivity contribution is 5.07. The van der Waals surface area contributed by atoms with Crippen LogP contribution in [-0.2, 0) is 0 Å². The van der Waals surface area contributed by atoms with Gasteiger partial charge in [0, 0.05) is 26.2 Å². The van der Waals surface area contributed by atoms with Gasteiger partial charge in [-0.25, -0.2) is 0 Å². The second kappa shape index (κ2) is 4.94. The monoisotopic (exact) mass is 194 g/mol. The van der Waals surface area contributed by atoms with E-state index in [-0.39, 0.29) is 0 Å². The molecule has 0 radical (unpaired) electrons. The molecule has 80 valence electrons. The highest BCUT2D eigenvalue weighted by atomic mass is 15.2. The van der Waals surface area contributed by atoms with Gasteiger partial charge in [-0.1, -0.05) is 25.0 Å². The van der Waals surface area contributed by atoms with E-state index in [4.69, 9.17) is 0 Å². The van der Waals surface area contributed by atoms with Gasteiger partial charge in [0.25, 0.3) is 0 Å². The Bertz CT molecular complexity index is 204. The molecule has 1 fully saturated rings. The zero-order valence-corrected chi connectivity index (χ0v) is 9.26. The second-order valence-electron chi connectivity index (χ2n) is 4.60. The maximum Gasteiger partial charge on any atom is 0.0137 e. The van der Waals surface area contributed by atoms with Crippen LogP contribution in [0.2, 0.25) is 0 Å². The average molecular weight is 194 g/mol. The van der Waals surface area contributed by atoms with Crippen LogP contribution in [0.25, 0.3) is 0 Å². The minimum Gasteiger partial charge on any atom is -0.313 e. The Morgan fingerprint density at radius 2 is 2.36 bits per heavy atom. The summed E-state index contributed by atoms with van der Waals surface area (Å²) in [6.45, 7) is 8.57. The van der Waals surface area contributed by atoms with Gasteiger partial charge in [0.2, 0.25) is 0 Å². The first-order chi connectivity index (χ1) is 6.88. The molecule has 0 aromatic rings. The van der Waals surface area contributed by atoms with E-state index in [9.17, 15) is 0 Å². The van der Waals surface area contributed by atoms with Crippen LogP contribution in [0.4, 0.5) is 0 Å². The summed E-state index contributed by atoms with van der Waals surface area (Å²) in [6.07, 6.45) is 6.31. The van der Waals surface area contributed by atoms with Gasteiger partial charge in [-0.2, -0.15) is 0 Å². The lowest BCUT2D eigenvalue weighted by atomic mass is 9.96. The maximum absolute atomic E-state index is 3.36. The quantitative estimate of drug-likeness (QED) is 0.684. The first-order valence-electron chi connectivity index (χ1n) is 5.99. The summed E-state index contributed by atoms with van der Waals surface area (Å²) in [6, 6.07) is 0. The van der Waals surface area contributed by atoms with Gasteiger partial charge in [0.1, 0.15) is 0 Å². The van der Waals surface area contributed by atoms with Crippen LogP contribution in [0.5, 0.6) is 0 Å². The van der Waals surface area contributed by atoms with E-state index in [2.05, 4.69) is 23.2 Å². The third-order valence-corrected chi connectivity index (χ3v) is 3.52. The summed E-state index contributed by atoms with van der Waals surface area (Å²) in [5.74, 6) is 0.997. The molecule has 2 rings (SSSR count). The van der Waals surface area contributed by atoms with Crippen molar-refractivity contribution in [3.8, 4) is 0 Å². The van der Waals surface area contributed by atoms with E-state index >= 15 is 0 Å². The van der Waals surface area contributed by atoms with Crippen LogP contribution in [-0.4, -0.2) is 37.6 Å². The molecule has 1 saturated heterocycles. The van der Waals surface area contributed by atoms with Gasteiger partial charge >= 0.3 is 0 Å². The molecule has 0 unspecified atom stereocenters. The van der Waals surface area contributed by atoms with Gasteiger partial charge in [0.05, 0.1) is 0 Å². The molecule has 2 aliphatic rings. The van der Waals surface area contributed by atoms with Crippen LogP contribution in [0.1, 0.15) is 26.2 Å². The normalized spacial score (nSPS) is 24.5. The van der Waals surface area contributed by atoms with Crippen LogP contribution in [0, 0.1) is 5.92 Å². The molecule has 1 N–H and O–H groups in total. The minimum atomic E-state index is 0.997. The molecule has 0 aliphatic carbocycles. The van der Waals surface area contributed by atoms with Crippen molar-refractivity contribution < 1.29 is 0 Å². The lowest BCUT2D eigenvalue weighted by Crippen LogP contribution is -2.46. The van der Waals surface area contributed by atoms with Gasteiger partial charge in [-0.15, -0.1) is 0 Å². The Kier molecular flexibility index (Phi) is 3.60. The summed E-state index contributed by atoms with van der Waals surface area (Å²) >= 11 is 0. The molecule has 0 spiro atoms. The summed E-state index contributed by atoms with van der Waals surface area (Å²) in [5, 5.41) is 3.36. The maximum atomic E-state index is 3.36. The number of rotatable bonds is 4. The smallest absolute Gasteiger partial charge is 0.0137 e. The lowest BCUT2D eigenvalue weighted by Gasteiger charge is -2.39. The summed E-state index contributed by atoms with van der Waals surface area (Å²) < 4.78 is 0. The van der Waals surface area contributed by atoms with Crippen molar-refractivity contribution in [2.45, 2.75) is 26.2 Å². The van der Waals surface area contributed by atoms with Crippen LogP contribution in [0.15, 0.2) is 11.6 Å². The van der Waals surface area contributed by atoms with Crippen molar-refractivity contribution in [2.75, 3.05) is 32.7 Å². The van der Waals surface area contributed by atoms with Crippen molar-refractivity contribution in [1.82, 2.24) is 10.2 Å². The Morgan fingerprint density at radius 1 is 1.50 bits per heavy atom. The molecule has 14 heavy (non-hydrogen) atoms. The average Bonchev–Trinajstić information content (AvgIpc) is 2.17. The predicted molar refractivity (Wildman–Crippen MR) is 60.4 cm³/mol. The standard InChI is InChI=1S/C12H22N2/c1-2-11-9-14(10-11)8-5-12-3-6-13-7-4-12/h3,11,13H,2,4-10H2,1H3. The fourth-order valence-corrected chi connectivity index (χ4v) is 2.32. The Morgan fingerprint density at radius 3 is 3.00 bits per heavy atom. The number of hydrogen-bond acceptors (Lipinski definition) is 2. The first-order valence-corrected chi connectivity index (χ1v) is 5.99. The predicted octanol–water partition coefficient (Wildman–Crippen LogP) is 1.64. The second-order valence-corrected chi connectivity index (χ2v) is 4.60. The van der Waals surface area contributed by atoms with Crippen LogP contribution < -0.4 is 5.32 Å². The van der Waals surface area contributed by atoms with Crippen LogP contribution >= 0.6 is 0 Å². The van der Waals surface area contributed by atoms with Crippen molar-refractivity contribution in [2.24, 2.45) is 5.92 Å². The number of likely N-dealkylation sites (tertiary alicyclic amines) is 1. The third-order valence-electron chi connectivity index (χ3n) is 3.52. The van der Waals surface area contributed by atoms with Crippen molar-refractivity contribution in [3.05, 3.63) is 11.6 Å². The van der Waals surface area contributed by atoms with E-state index in [1.807, 2.05) is 0 Å². The van der Waals surface area contributed by atoms with Crippen molar-refractivity contribution >= 4 is 0 Å². The Balaban J connectivity index is 1.61. The minimum absolute atomic E-state index is 0.997. The Hall–Kier alpha value is -0.340. The largest absolute Gasteiger partial charge is 0.313 e. The zero-order valence-electron chi connectivity index (χ0n) is 9.26.